The molecule has 0 bridgehead atoms. The van der Waals surface area contributed by atoms with Crippen molar-refractivity contribution in [1.82, 2.24) is 10.2 Å². The normalized spacial score (nSPS) is 22.1. The molecule has 1 aliphatic heterocycles. The summed E-state index contributed by atoms with van der Waals surface area (Å²) >= 11 is 0. The summed E-state index contributed by atoms with van der Waals surface area (Å²) < 4.78 is 0. The average Bonchev–Trinajstić information content (AvgIpc) is 3.30. The molecule has 1 aliphatic carbocycles. The number of hydrogen-bond acceptors (Lipinski definition) is 2. The van der Waals surface area contributed by atoms with Crippen molar-refractivity contribution in [2.24, 2.45) is 5.92 Å². The van der Waals surface area contributed by atoms with Gasteiger partial charge in [-0.15, -0.1) is 0 Å². The summed E-state index contributed by atoms with van der Waals surface area (Å²) in [6.45, 7) is 8.28. The summed E-state index contributed by atoms with van der Waals surface area (Å²) in [4.78, 5) is 2.78. The molecule has 1 saturated heterocycles. The van der Waals surface area contributed by atoms with Gasteiger partial charge in [0.25, 0.3) is 0 Å². The first kappa shape index (κ1) is 14.1. The third-order valence-electron chi connectivity index (χ3n) is 5.00. The van der Waals surface area contributed by atoms with Crippen molar-refractivity contribution in [3.05, 3.63) is 35.4 Å². The van der Waals surface area contributed by atoms with E-state index in [2.05, 4.69) is 48.3 Å². The van der Waals surface area contributed by atoms with Crippen molar-refractivity contribution in [3.63, 3.8) is 0 Å². The van der Waals surface area contributed by atoms with E-state index < -0.39 is 0 Å². The smallest absolute Gasteiger partial charge is 0.0322 e. The molecular formula is C18H28N2. The van der Waals surface area contributed by atoms with Crippen LogP contribution in [0.1, 0.15) is 49.8 Å². The summed E-state index contributed by atoms with van der Waals surface area (Å²) in [5.41, 5.74) is 2.84. The van der Waals surface area contributed by atoms with E-state index in [0.29, 0.717) is 6.04 Å². The van der Waals surface area contributed by atoms with Crippen LogP contribution in [0.15, 0.2) is 24.3 Å². The molecule has 2 heteroatoms. The number of nitrogens with zero attached hydrogens (tertiary/aromatic N) is 1. The van der Waals surface area contributed by atoms with Crippen molar-refractivity contribution >= 4 is 0 Å². The second-order valence-corrected chi connectivity index (χ2v) is 6.71. The second kappa shape index (κ2) is 6.28. The maximum Gasteiger partial charge on any atom is 0.0322 e. The molecule has 0 radical (unpaired) electrons. The molecule has 1 saturated carbocycles. The Bertz CT molecular complexity index is 416. The minimum absolute atomic E-state index is 0.568. The Morgan fingerprint density at radius 3 is 2.35 bits per heavy atom. The van der Waals surface area contributed by atoms with E-state index in [1.807, 2.05) is 0 Å². The molecular weight excluding hydrogens is 244 g/mol. The minimum atomic E-state index is 0.568. The van der Waals surface area contributed by atoms with Crippen molar-refractivity contribution < 1.29 is 0 Å². The van der Waals surface area contributed by atoms with E-state index >= 15 is 0 Å². The van der Waals surface area contributed by atoms with E-state index in [9.17, 15) is 0 Å². The molecule has 1 aromatic rings. The molecule has 0 spiro atoms. The van der Waals surface area contributed by atoms with Gasteiger partial charge >= 0.3 is 0 Å². The lowest BCUT2D eigenvalue weighted by molar-refractivity contribution is 0.152. The van der Waals surface area contributed by atoms with Gasteiger partial charge in [-0.3, -0.25) is 4.90 Å². The summed E-state index contributed by atoms with van der Waals surface area (Å²) in [7, 11) is 0. The molecule has 1 heterocycles. The van der Waals surface area contributed by atoms with Crippen LogP contribution >= 0.6 is 0 Å². The molecule has 1 atom stereocenters. The van der Waals surface area contributed by atoms with Crippen molar-refractivity contribution in [2.75, 3.05) is 19.6 Å². The van der Waals surface area contributed by atoms with Gasteiger partial charge in [-0.1, -0.05) is 29.8 Å². The van der Waals surface area contributed by atoms with Gasteiger partial charge in [-0.2, -0.15) is 0 Å². The van der Waals surface area contributed by atoms with Gasteiger partial charge in [-0.25, -0.2) is 0 Å². The lowest BCUT2D eigenvalue weighted by Gasteiger charge is -2.34. The number of benzene rings is 1. The largest absolute Gasteiger partial charge is 0.317 e. The fraction of sp³-hybridized carbons (Fsp3) is 0.667. The molecule has 2 fully saturated rings. The molecule has 2 aliphatic rings. The van der Waals surface area contributed by atoms with E-state index in [0.717, 1.165) is 12.0 Å². The maximum atomic E-state index is 3.48. The summed E-state index contributed by atoms with van der Waals surface area (Å²) in [5.74, 6) is 0.893. The van der Waals surface area contributed by atoms with E-state index in [1.54, 1.807) is 0 Å². The highest BCUT2D eigenvalue weighted by Gasteiger charge is 2.34. The zero-order valence-electron chi connectivity index (χ0n) is 12.9. The maximum absolute atomic E-state index is 3.48. The van der Waals surface area contributed by atoms with Crippen molar-refractivity contribution in [3.8, 4) is 0 Å². The van der Waals surface area contributed by atoms with Crippen LogP contribution in [-0.4, -0.2) is 30.6 Å². The summed E-state index contributed by atoms with van der Waals surface area (Å²) in [5, 5.41) is 3.48. The Labute approximate surface area is 123 Å². The van der Waals surface area contributed by atoms with Gasteiger partial charge in [0.2, 0.25) is 0 Å². The van der Waals surface area contributed by atoms with Crippen LogP contribution in [-0.2, 0) is 0 Å². The van der Waals surface area contributed by atoms with E-state index in [-0.39, 0.29) is 0 Å². The summed E-state index contributed by atoms with van der Waals surface area (Å²) in [6.07, 6.45) is 5.51. The Balaban J connectivity index is 1.67. The number of nitrogens with one attached hydrogen (secondary N) is 1. The highest BCUT2D eigenvalue weighted by Crippen LogP contribution is 2.35. The zero-order chi connectivity index (χ0) is 13.9. The predicted octanol–water partition coefficient (Wildman–Crippen LogP) is 3.52. The Morgan fingerprint density at radius 1 is 1.10 bits per heavy atom. The SMILES string of the molecule is Cc1ccc(C(C)N(CC2CCNCC2)C2CC2)cc1. The topological polar surface area (TPSA) is 15.3 Å². The fourth-order valence-electron chi connectivity index (χ4n) is 3.43. The highest BCUT2D eigenvalue weighted by molar-refractivity contribution is 5.24. The fourth-order valence-corrected chi connectivity index (χ4v) is 3.43. The van der Waals surface area contributed by atoms with Crippen molar-refractivity contribution in [1.29, 1.82) is 0 Å². The molecule has 0 aromatic heterocycles. The molecule has 1 unspecified atom stereocenters. The first-order valence-corrected chi connectivity index (χ1v) is 8.27. The van der Waals surface area contributed by atoms with Gasteiger partial charge in [0.1, 0.15) is 0 Å². The number of rotatable bonds is 5. The number of aryl methyl sites for hydroxylation is 1. The number of piperidine rings is 1. The van der Waals surface area contributed by atoms with Crippen molar-refractivity contribution in [2.45, 2.75) is 51.6 Å². The Kier molecular flexibility index (Phi) is 4.42. The number of hydrogen-bond donors (Lipinski definition) is 1. The standard InChI is InChI=1S/C18H28N2/c1-14-3-5-17(6-4-14)15(2)20(18-7-8-18)13-16-9-11-19-12-10-16/h3-6,15-16,18-19H,7-13H2,1-2H3. The lowest BCUT2D eigenvalue weighted by atomic mass is 9.95. The van der Waals surface area contributed by atoms with Crippen LogP contribution < -0.4 is 5.32 Å². The Hall–Kier alpha value is -0.860. The molecule has 0 amide bonds. The lowest BCUT2D eigenvalue weighted by Crippen LogP contribution is -2.38. The van der Waals surface area contributed by atoms with Gasteiger partial charge in [-0.05, 0) is 64.1 Å². The third-order valence-corrected chi connectivity index (χ3v) is 5.00. The second-order valence-electron chi connectivity index (χ2n) is 6.71. The molecule has 2 nitrogen and oxygen atoms in total. The van der Waals surface area contributed by atoms with Crippen LogP contribution in [0, 0.1) is 12.8 Å². The van der Waals surface area contributed by atoms with E-state index in [4.69, 9.17) is 0 Å². The first-order chi connectivity index (χ1) is 9.74. The van der Waals surface area contributed by atoms with Gasteiger partial charge in [0, 0.05) is 18.6 Å². The van der Waals surface area contributed by atoms with Crippen LogP contribution in [0.2, 0.25) is 0 Å². The minimum Gasteiger partial charge on any atom is -0.317 e. The van der Waals surface area contributed by atoms with Crippen LogP contribution in [0.3, 0.4) is 0 Å². The van der Waals surface area contributed by atoms with Gasteiger partial charge in [0.05, 0.1) is 0 Å². The van der Waals surface area contributed by atoms with Crippen LogP contribution in [0.4, 0.5) is 0 Å². The zero-order valence-corrected chi connectivity index (χ0v) is 12.9. The summed E-state index contributed by atoms with van der Waals surface area (Å²) in [6, 6.07) is 10.6. The van der Waals surface area contributed by atoms with Crippen LogP contribution in [0.25, 0.3) is 0 Å². The molecule has 1 N–H and O–H groups in total. The molecule has 1 aromatic carbocycles. The Morgan fingerprint density at radius 2 is 1.75 bits per heavy atom. The van der Waals surface area contributed by atoms with E-state index in [1.165, 1.54) is 56.4 Å². The molecule has 110 valence electrons. The molecule has 3 rings (SSSR count). The van der Waals surface area contributed by atoms with Gasteiger partial charge in [0.15, 0.2) is 0 Å². The average molecular weight is 272 g/mol. The highest BCUT2D eigenvalue weighted by atomic mass is 15.2. The third kappa shape index (κ3) is 3.42. The first-order valence-electron chi connectivity index (χ1n) is 8.27. The quantitative estimate of drug-likeness (QED) is 0.882. The van der Waals surface area contributed by atoms with Crippen LogP contribution in [0.5, 0.6) is 0 Å². The molecule has 20 heavy (non-hydrogen) atoms. The monoisotopic (exact) mass is 272 g/mol. The van der Waals surface area contributed by atoms with Gasteiger partial charge < -0.3 is 5.32 Å². The predicted molar refractivity (Wildman–Crippen MR) is 84.9 cm³/mol.